The first-order valence-electron chi connectivity index (χ1n) is 9.90. The lowest BCUT2D eigenvalue weighted by atomic mass is 10.1. The number of nitrogens with one attached hydrogen (secondary N) is 2. The van der Waals surface area contributed by atoms with Gasteiger partial charge in [0.2, 0.25) is 0 Å². The van der Waals surface area contributed by atoms with E-state index in [-0.39, 0.29) is 12.6 Å². The molecule has 0 aliphatic carbocycles. The number of aliphatic imine (C=N–C) groups is 1. The van der Waals surface area contributed by atoms with Gasteiger partial charge in [0, 0.05) is 23.7 Å². The van der Waals surface area contributed by atoms with E-state index in [9.17, 15) is 9.32 Å². The summed E-state index contributed by atoms with van der Waals surface area (Å²) in [6, 6.07) is 16.8. The summed E-state index contributed by atoms with van der Waals surface area (Å²) in [6.45, 7) is 7.33. The van der Waals surface area contributed by atoms with E-state index in [0.717, 1.165) is 16.2 Å². The highest BCUT2D eigenvalue weighted by molar-refractivity contribution is 7.85. The fraction of sp³-hybridized carbons (Fsp3) is 0.409. The lowest BCUT2D eigenvalue weighted by molar-refractivity contribution is 0.185. The van der Waals surface area contributed by atoms with Crippen molar-refractivity contribution < 1.29 is 14.1 Å². The predicted molar refractivity (Wildman–Crippen MR) is 119 cm³/mol. The number of rotatable bonds is 10. The quantitative estimate of drug-likeness (QED) is 0.409. The van der Waals surface area contributed by atoms with E-state index in [1.165, 1.54) is 0 Å². The van der Waals surface area contributed by atoms with Crippen molar-refractivity contribution in [2.24, 2.45) is 4.99 Å². The molecule has 0 aromatic heterocycles. The first kappa shape index (κ1) is 22.9. The molecule has 2 rings (SSSR count). The minimum atomic E-state index is -1.06. The zero-order valence-electron chi connectivity index (χ0n) is 17.3. The monoisotopic (exact) mass is 417 g/mol. The molecule has 0 bridgehead atoms. The van der Waals surface area contributed by atoms with Crippen LogP contribution in [0.1, 0.15) is 32.4 Å². The molecule has 3 N–H and O–H groups in total. The van der Waals surface area contributed by atoms with Crippen LogP contribution >= 0.6 is 0 Å². The molecule has 0 saturated heterocycles. The molecule has 2 unspecified atom stereocenters. The van der Waals surface area contributed by atoms with Crippen LogP contribution in [0.15, 0.2) is 64.5 Å². The largest absolute Gasteiger partial charge is 0.491 e. The van der Waals surface area contributed by atoms with Gasteiger partial charge in [0.15, 0.2) is 5.96 Å². The van der Waals surface area contributed by atoms with Crippen LogP contribution in [0.2, 0.25) is 0 Å². The second-order valence-corrected chi connectivity index (χ2v) is 8.33. The molecule has 2 aromatic rings. The molecule has 0 amide bonds. The van der Waals surface area contributed by atoms with E-state index < -0.39 is 16.9 Å². The Kier molecular flexibility index (Phi) is 9.67. The summed E-state index contributed by atoms with van der Waals surface area (Å²) < 4.78 is 18.0. The number of nitrogens with zero attached hydrogens (tertiary/aromatic N) is 1. The number of aliphatic hydroxyl groups excluding tert-OH is 1. The Bertz CT molecular complexity index is 797. The standard InChI is InChI=1S/C22H31N3O3S/c1-4-23-22(24-13-14-29(27)20-11-6-5-7-12-20)25-16-21(26)18-9-8-10-19(15-18)28-17(2)3/h5-12,15,17,21,26H,4,13-14,16H2,1-3H3,(H2,23,24,25). The average molecular weight is 418 g/mol. The highest BCUT2D eigenvalue weighted by atomic mass is 32.2. The van der Waals surface area contributed by atoms with Crippen LogP contribution < -0.4 is 15.4 Å². The Morgan fingerprint density at radius 1 is 1.14 bits per heavy atom. The van der Waals surface area contributed by atoms with E-state index in [2.05, 4.69) is 15.6 Å². The maximum Gasteiger partial charge on any atom is 0.191 e. The summed E-state index contributed by atoms with van der Waals surface area (Å²) in [7, 11) is -1.06. The average Bonchev–Trinajstić information content (AvgIpc) is 2.72. The summed E-state index contributed by atoms with van der Waals surface area (Å²) in [4.78, 5) is 5.27. The van der Waals surface area contributed by atoms with Gasteiger partial charge >= 0.3 is 0 Å². The van der Waals surface area contributed by atoms with Gasteiger partial charge in [-0.15, -0.1) is 0 Å². The smallest absolute Gasteiger partial charge is 0.191 e. The normalized spacial score (nSPS) is 13.8. The summed E-state index contributed by atoms with van der Waals surface area (Å²) >= 11 is 0. The molecular formula is C22H31N3O3S. The topological polar surface area (TPSA) is 83.0 Å². The number of hydrogen-bond acceptors (Lipinski definition) is 4. The number of benzene rings is 2. The third-order valence-electron chi connectivity index (χ3n) is 3.97. The van der Waals surface area contributed by atoms with Gasteiger partial charge < -0.3 is 20.5 Å². The van der Waals surface area contributed by atoms with Gasteiger partial charge in [0.05, 0.1) is 29.6 Å². The number of ether oxygens (including phenoxy) is 1. The molecule has 158 valence electrons. The second kappa shape index (κ2) is 12.2. The van der Waals surface area contributed by atoms with Crippen LogP contribution in [0.4, 0.5) is 0 Å². The first-order valence-corrected chi connectivity index (χ1v) is 11.2. The Labute approximate surface area is 175 Å². The van der Waals surface area contributed by atoms with Gasteiger partial charge in [-0.3, -0.25) is 9.20 Å². The van der Waals surface area contributed by atoms with Crippen molar-refractivity contribution in [2.45, 2.75) is 37.9 Å². The molecule has 2 atom stereocenters. The second-order valence-electron chi connectivity index (χ2n) is 6.76. The summed E-state index contributed by atoms with van der Waals surface area (Å²) in [5.74, 6) is 1.80. The van der Waals surface area contributed by atoms with Crippen LogP contribution in [0.25, 0.3) is 0 Å². The summed E-state index contributed by atoms with van der Waals surface area (Å²) in [5.41, 5.74) is 0.757. The van der Waals surface area contributed by atoms with Crippen LogP contribution in [-0.4, -0.2) is 46.8 Å². The van der Waals surface area contributed by atoms with Crippen LogP contribution in [-0.2, 0) is 10.8 Å². The third-order valence-corrected chi connectivity index (χ3v) is 5.34. The van der Waals surface area contributed by atoms with Gasteiger partial charge in [-0.25, -0.2) is 0 Å². The van der Waals surface area contributed by atoms with Gasteiger partial charge in [-0.05, 0) is 50.6 Å². The maximum absolute atomic E-state index is 12.3. The molecule has 2 aromatic carbocycles. The SMILES string of the molecule is CCNC(=NCC(O)c1cccc(OC(C)C)c1)NCCS(=O)c1ccccc1. The third kappa shape index (κ3) is 8.25. The zero-order chi connectivity index (χ0) is 21.1. The fourth-order valence-electron chi connectivity index (χ4n) is 2.64. The molecular weight excluding hydrogens is 386 g/mol. The molecule has 29 heavy (non-hydrogen) atoms. The molecule has 0 saturated carbocycles. The summed E-state index contributed by atoms with van der Waals surface area (Å²) in [6.07, 6.45) is -0.661. The highest BCUT2D eigenvalue weighted by Gasteiger charge is 2.10. The van der Waals surface area contributed by atoms with Crippen LogP contribution in [0, 0.1) is 0 Å². The zero-order valence-corrected chi connectivity index (χ0v) is 18.1. The lowest BCUT2D eigenvalue weighted by Gasteiger charge is -2.15. The van der Waals surface area contributed by atoms with Gasteiger partial charge in [-0.1, -0.05) is 30.3 Å². The Morgan fingerprint density at radius 2 is 1.90 bits per heavy atom. The minimum Gasteiger partial charge on any atom is -0.491 e. The van der Waals surface area contributed by atoms with Gasteiger partial charge in [0.1, 0.15) is 5.75 Å². The van der Waals surface area contributed by atoms with E-state index in [1.807, 2.05) is 75.4 Å². The van der Waals surface area contributed by atoms with Crippen molar-refractivity contribution in [3.8, 4) is 5.75 Å². The van der Waals surface area contributed by atoms with E-state index in [1.54, 1.807) is 0 Å². The van der Waals surface area contributed by atoms with Crippen molar-refractivity contribution in [3.05, 3.63) is 60.2 Å². The van der Waals surface area contributed by atoms with E-state index in [4.69, 9.17) is 4.74 Å². The molecule has 6 nitrogen and oxygen atoms in total. The lowest BCUT2D eigenvalue weighted by Crippen LogP contribution is -2.39. The number of hydrogen-bond donors (Lipinski definition) is 3. The molecule has 0 spiro atoms. The summed E-state index contributed by atoms with van der Waals surface area (Å²) in [5, 5.41) is 16.8. The van der Waals surface area contributed by atoms with Crippen molar-refractivity contribution in [3.63, 3.8) is 0 Å². The predicted octanol–water partition coefficient (Wildman–Crippen LogP) is 2.87. The van der Waals surface area contributed by atoms with E-state index in [0.29, 0.717) is 24.8 Å². The molecule has 0 aliphatic rings. The Hall–Kier alpha value is -2.38. The molecule has 0 fully saturated rings. The first-order chi connectivity index (χ1) is 14.0. The fourth-order valence-corrected chi connectivity index (χ4v) is 3.63. The molecule has 0 heterocycles. The van der Waals surface area contributed by atoms with Crippen molar-refractivity contribution in [1.82, 2.24) is 10.6 Å². The number of guanidine groups is 1. The Morgan fingerprint density at radius 3 is 2.59 bits per heavy atom. The van der Waals surface area contributed by atoms with Crippen molar-refractivity contribution in [1.29, 1.82) is 0 Å². The van der Waals surface area contributed by atoms with Gasteiger partial charge in [0.25, 0.3) is 0 Å². The number of aliphatic hydroxyl groups is 1. The molecule has 0 aliphatic heterocycles. The maximum atomic E-state index is 12.3. The van der Waals surface area contributed by atoms with Crippen LogP contribution in [0.3, 0.4) is 0 Å². The van der Waals surface area contributed by atoms with Crippen LogP contribution in [0.5, 0.6) is 5.75 Å². The molecule has 0 radical (unpaired) electrons. The minimum absolute atomic E-state index is 0.0754. The Balaban J connectivity index is 1.90. The highest BCUT2D eigenvalue weighted by Crippen LogP contribution is 2.20. The van der Waals surface area contributed by atoms with Crippen molar-refractivity contribution in [2.75, 3.05) is 25.4 Å². The van der Waals surface area contributed by atoms with Gasteiger partial charge in [-0.2, -0.15) is 0 Å². The van der Waals surface area contributed by atoms with E-state index >= 15 is 0 Å². The van der Waals surface area contributed by atoms with Crippen molar-refractivity contribution >= 4 is 16.8 Å². The molecule has 7 heteroatoms.